The van der Waals surface area contributed by atoms with Gasteiger partial charge in [0, 0.05) is 69.3 Å². The largest absolute Gasteiger partial charge is 0.513 e. The van der Waals surface area contributed by atoms with Crippen LogP contribution in [0.5, 0.6) is 0 Å². The highest BCUT2D eigenvalue weighted by atomic mass is 16.3. The van der Waals surface area contributed by atoms with Crippen LogP contribution in [-0.2, 0) is 19.2 Å². The summed E-state index contributed by atoms with van der Waals surface area (Å²) in [5.74, 6) is -0.895. The van der Waals surface area contributed by atoms with Gasteiger partial charge in [0.25, 0.3) is 5.91 Å². The van der Waals surface area contributed by atoms with Gasteiger partial charge in [-0.05, 0) is 69.7 Å². The van der Waals surface area contributed by atoms with Crippen LogP contribution in [-0.4, -0.2) is 130 Å². The zero-order valence-electron chi connectivity index (χ0n) is 26.8. The van der Waals surface area contributed by atoms with Gasteiger partial charge in [-0.1, -0.05) is 12.2 Å². The topological polar surface area (TPSA) is 184 Å². The van der Waals surface area contributed by atoms with Gasteiger partial charge in [0.2, 0.25) is 11.8 Å². The molecule has 0 radical (unpaired) electrons. The summed E-state index contributed by atoms with van der Waals surface area (Å²) >= 11 is 0. The number of aliphatic hydroxyl groups is 2. The van der Waals surface area contributed by atoms with Crippen molar-refractivity contribution < 1.29 is 29.4 Å². The summed E-state index contributed by atoms with van der Waals surface area (Å²) < 4.78 is 0. The number of carbonyl (C=O) groups excluding carboxylic acids is 4. The van der Waals surface area contributed by atoms with E-state index in [1.807, 2.05) is 11.0 Å². The predicted octanol–water partition coefficient (Wildman–Crippen LogP) is 0.580. The van der Waals surface area contributed by atoms with Crippen molar-refractivity contribution in [1.82, 2.24) is 24.9 Å². The second-order valence-electron chi connectivity index (χ2n) is 14.0. The summed E-state index contributed by atoms with van der Waals surface area (Å²) in [4.78, 5) is 57.5. The molecule has 4 aliphatic heterocycles. The fraction of sp³-hybridized carbons (Fsp3) is 0.606. The van der Waals surface area contributed by atoms with Gasteiger partial charge in [-0.25, -0.2) is 0 Å². The molecule has 6 N–H and O–H groups in total. The number of nitrogens with one attached hydrogen (secondary N) is 2. The van der Waals surface area contributed by atoms with E-state index in [4.69, 9.17) is 16.2 Å². The third kappa shape index (κ3) is 6.96. The zero-order valence-corrected chi connectivity index (χ0v) is 26.8. The second-order valence-corrected chi connectivity index (χ2v) is 14.0. The van der Waals surface area contributed by atoms with Crippen LogP contribution in [0, 0.1) is 10.8 Å². The molecule has 13 nitrogen and oxygen atoms in total. The van der Waals surface area contributed by atoms with Gasteiger partial charge >= 0.3 is 0 Å². The Bertz CT molecular complexity index is 1380. The number of allylic oxidation sites excluding steroid dienone is 3. The number of nitrogens with zero attached hydrogens (tertiary/aromatic N) is 4. The highest BCUT2D eigenvalue weighted by Crippen LogP contribution is 2.47. The number of rotatable bonds is 8. The van der Waals surface area contributed by atoms with Gasteiger partial charge in [0.15, 0.2) is 6.29 Å². The molecule has 4 heterocycles. The Kier molecular flexibility index (Phi) is 9.57. The molecule has 1 spiro atoms. The molecule has 0 aromatic rings. The lowest BCUT2D eigenvalue weighted by Crippen LogP contribution is -2.67. The van der Waals surface area contributed by atoms with Crippen LogP contribution in [0.4, 0.5) is 0 Å². The first-order chi connectivity index (χ1) is 21.8. The van der Waals surface area contributed by atoms with E-state index < -0.39 is 23.1 Å². The van der Waals surface area contributed by atoms with Gasteiger partial charge in [0.05, 0.1) is 11.3 Å². The van der Waals surface area contributed by atoms with E-state index in [1.165, 1.54) is 11.0 Å². The monoisotopic (exact) mass is 637 g/mol. The molecule has 0 aromatic heterocycles. The van der Waals surface area contributed by atoms with Gasteiger partial charge in [0.1, 0.15) is 18.1 Å². The van der Waals surface area contributed by atoms with Crippen LogP contribution >= 0.6 is 0 Å². The summed E-state index contributed by atoms with van der Waals surface area (Å²) in [7, 11) is 1.55. The maximum absolute atomic E-state index is 13.6. The number of aldehydes is 1. The Labute approximate surface area is 269 Å². The standard InChI is InChI=1S/C33H47N7O6/c1-31(8-7-23(18-41)25(17-31)30(45)37(2)26-4-6-28(43)36-29(26)44)40-20-32(21-40)9-13-38(14-10-32)22-33(46)11-15-39(16-12-33)27(35)5-3-24(34)19-42/h3,5,7-8,18-19,26,35,42,46H,4,6,9-17,20-22,34H2,1-2H3,(H,36,43,44). The van der Waals surface area contributed by atoms with Crippen molar-refractivity contribution in [3.63, 3.8) is 0 Å². The number of amidine groups is 1. The molecule has 3 amide bonds. The number of hydrogen-bond donors (Lipinski definition) is 5. The first kappa shape index (κ1) is 33.6. The number of carbonyl (C=O) groups is 4. The highest BCUT2D eigenvalue weighted by Gasteiger charge is 2.51. The van der Waals surface area contributed by atoms with E-state index in [-0.39, 0.29) is 35.8 Å². The average Bonchev–Trinajstić information content (AvgIpc) is 3.02. The van der Waals surface area contributed by atoms with Crippen molar-refractivity contribution in [3.8, 4) is 0 Å². The molecule has 13 heteroatoms. The number of amides is 3. The number of likely N-dealkylation sites (tertiary alicyclic amines) is 3. The normalized spacial score (nSPS) is 28.7. The molecule has 5 aliphatic rings. The number of likely N-dealkylation sites (N-methyl/N-ethyl adjacent to an activating group) is 1. The van der Waals surface area contributed by atoms with E-state index in [1.54, 1.807) is 19.2 Å². The van der Waals surface area contributed by atoms with Gasteiger partial charge in [-0.3, -0.25) is 34.8 Å². The van der Waals surface area contributed by atoms with E-state index >= 15 is 0 Å². The molecule has 2 atom stereocenters. The number of imide groups is 1. The summed E-state index contributed by atoms with van der Waals surface area (Å²) in [6.45, 7) is 7.41. The van der Waals surface area contributed by atoms with E-state index in [2.05, 4.69) is 22.0 Å². The molecule has 2 unspecified atom stereocenters. The number of piperidine rings is 3. The van der Waals surface area contributed by atoms with Crippen LogP contribution < -0.4 is 11.1 Å². The smallest absolute Gasteiger partial charge is 0.251 e. The summed E-state index contributed by atoms with van der Waals surface area (Å²) in [6.07, 6.45) is 12.2. The Morgan fingerprint density at radius 1 is 1.15 bits per heavy atom. The highest BCUT2D eigenvalue weighted by molar-refractivity contribution is 6.05. The molecule has 0 saturated carbocycles. The van der Waals surface area contributed by atoms with E-state index in [9.17, 15) is 24.3 Å². The van der Waals surface area contributed by atoms with E-state index in [0.29, 0.717) is 62.2 Å². The molecular weight excluding hydrogens is 590 g/mol. The summed E-state index contributed by atoms with van der Waals surface area (Å²) in [5.41, 5.74) is 5.38. The number of hydrogen-bond acceptors (Lipinski definition) is 10. The molecule has 0 bridgehead atoms. The summed E-state index contributed by atoms with van der Waals surface area (Å²) in [5, 5.41) is 30.8. The Morgan fingerprint density at radius 2 is 1.83 bits per heavy atom. The maximum Gasteiger partial charge on any atom is 0.251 e. The lowest BCUT2D eigenvalue weighted by Gasteiger charge is -2.60. The fourth-order valence-corrected chi connectivity index (χ4v) is 7.51. The van der Waals surface area contributed by atoms with Crippen LogP contribution in [0.1, 0.15) is 51.9 Å². The average molecular weight is 638 g/mol. The van der Waals surface area contributed by atoms with Crippen molar-refractivity contribution in [2.24, 2.45) is 11.1 Å². The van der Waals surface area contributed by atoms with Crippen LogP contribution in [0.3, 0.4) is 0 Å². The Balaban J connectivity index is 1.11. The molecule has 4 fully saturated rings. The number of β-amino-alcohol motifs (C(OH)–C–C–N with tert-alkyl or cyclic N) is 1. The molecule has 5 rings (SSSR count). The fourth-order valence-electron chi connectivity index (χ4n) is 7.51. The molecule has 1 aliphatic carbocycles. The maximum atomic E-state index is 13.6. The Morgan fingerprint density at radius 3 is 2.43 bits per heavy atom. The Hall–Kier alpha value is -3.81. The third-order valence-electron chi connectivity index (χ3n) is 10.7. The minimum atomic E-state index is -0.798. The van der Waals surface area contributed by atoms with Crippen molar-refractivity contribution in [2.45, 2.75) is 69.1 Å². The van der Waals surface area contributed by atoms with Crippen LogP contribution in [0.25, 0.3) is 0 Å². The minimum absolute atomic E-state index is 0.168. The lowest BCUT2D eigenvalue weighted by atomic mass is 9.68. The van der Waals surface area contributed by atoms with Crippen molar-refractivity contribution in [1.29, 1.82) is 5.41 Å². The lowest BCUT2D eigenvalue weighted by molar-refractivity contribution is -0.143. The number of aliphatic hydroxyl groups excluding tert-OH is 1. The molecule has 46 heavy (non-hydrogen) atoms. The molecule has 250 valence electrons. The zero-order chi connectivity index (χ0) is 33.3. The van der Waals surface area contributed by atoms with Crippen molar-refractivity contribution in [2.75, 3.05) is 52.9 Å². The van der Waals surface area contributed by atoms with Gasteiger partial charge in [-0.15, -0.1) is 0 Å². The first-order valence-corrected chi connectivity index (χ1v) is 16.1. The van der Waals surface area contributed by atoms with Crippen molar-refractivity contribution >= 4 is 29.8 Å². The van der Waals surface area contributed by atoms with Gasteiger partial charge < -0.3 is 30.6 Å². The molecule has 4 saturated heterocycles. The first-order valence-electron chi connectivity index (χ1n) is 16.1. The van der Waals surface area contributed by atoms with Crippen LogP contribution in [0.2, 0.25) is 0 Å². The number of nitrogens with two attached hydrogens (primary N) is 1. The predicted molar refractivity (Wildman–Crippen MR) is 171 cm³/mol. The quantitative estimate of drug-likeness (QED) is 0.0630. The van der Waals surface area contributed by atoms with Crippen molar-refractivity contribution in [3.05, 3.63) is 47.4 Å². The third-order valence-corrected chi connectivity index (χ3v) is 10.7. The SMILES string of the molecule is CN(C(=O)C1=C(C=O)C=CC(C)(N2CC3(CCN(CC4(O)CCN(C(=N)C=CC(N)=CO)CC4)CC3)C2)C1)C1CCC(=O)NC1=O. The molecular formula is C33H47N7O6. The summed E-state index contributed by atoms with van der Waals surface area (Å²) in [6, 6.07) is -0.753. The second kappa shape index (κ2) is 13.1. The van der Waals surface area contributed by atoms with Crippen LogP contribution in [0.15, 0.2) is 47.4 Å². The van der Waals surface area contributed by atoms with E-state index in [0.717, 1.165) is 45.3 Å². The van der Waals surface area contributed by atoms with Gasteiger partial charge in [-0.2, -0.15) is 0 Å². The minimum Gasteiger partial charge on any atom is -0.513 e. The molecule has 0 aromatic carbocycles.